The first-order chi connectivity index (χ1) is 14.1. The minimum atomic E-state index is -0.374. The molecule has 1 unspecified atom stereocenters. The first-order valence-corrected chi connectivity index (χ1v) is 9.90. The number of H-pyrrole nitrogens is 1. The maximum absolute atomic E-state index is 13.2. The molecular weight excluding hydrogens is 371 g/mol. The molecule has 6 nitrogen and oxygen atoms in total. The van der Waals surface area contributed by atoms with Crippen LogP contribution in [0.1, 0.15) is 35.1 Å². The van der Waals surface area contributed by atoms with Gasteiger partial charge in [0.2, 0.25) is 5.91 Å². The SMILES string of the molecule is O=C(c1ccc(F)cc1)N1CCN(C(=O)C2CC2)C(c2nc3ccccc3[nH]2)C1. The Bertz CT molecular complexity index is 1040. The molecule has 29 heavy (non-hydrogen) atoms. The zero-order valence-corrected chi connectivity index (χ0v) is 15.8. The van der Waals surface area contributed by atoms with Crippen molar-refractivity contribution in [1.29, 1.82) is 0 Å². The van der Waals surface area contributed by atoms with Gasteiger partial charge < -0.3 is 14.8 Å². The van der Waals surface area contributed by atoms with Crippen LogP contribution < -0.4 is 0 Å². The lowest BCUT2D eigenvalue weighted by Crippen LogP contribution is -2.53. The van der Waals surface area contributed by atoms with Gasteiger partial charge in [-0.1, -0.05) is 12.1 Å². The summed E-state index contributed by atoms with van der Waals surface area (Å²) < 4.78 is 13.2. The number of carbonyl (C=O) groups is 2. The topological polar surface area (TPSA) is 69.3 Å². The van der Waals surface area contributed by atoms with E-state index in [1.807, 2.05) is 29.2 Å². The molecule has 148 valence electrons. The van der Waals surface area contributed by atoms with Gasteiger partial charge in [0, 0.05) is 31.1 Å². The van der Waals surface area contributed by atoms with E-state index in [1.54, 1.807) is 4.90 Å². The number of para-hydroxylation sites is 2. The van der Waals surface area contributed by atoms with E-state index in [2.05, 4.69) is 9.97 Å². The molecule has 2 aromatic carbocycles. The first kappa shape index (κ1) is 17.8. The summed E-state index contributed by atoms with van der Waals surface area (Å²) in [6.45, 7) is 1.27. The lowest BCUT2D eigenvalue weighted by Gasteiger charge is -2.40. The predicted molar refractivity (Wildman–Crippen MR) is 106 cm³/mol. The van der Waals surface area contributed by atoms with Crippen LogP contribution in [0.15, 0.2) is 48.5 Å². The number of hydrogen-bond donors (Lipinski definition) is 1. The Hall–Kier alpha value is -3.22. The molecule has 1 aliphatic heterocycles. The number of halogens is 1. The molecule has 1 N–H and O–H groups in total. The third-order valence-electron chi connectivity index (χ3n) is 5.69. The number of rotatable bonds is 3. The summed E-state index contributed by atoms with van der Waals surface area (Å²) in [5.41, 5.74) is 2.18. The Balaban J connectivity index is 1.45. The second-order valence-corrected chi connectivity index (χ2v) is 7.72. The van der Waals surface area contributed by atoms with E-state index in [-0.39, 0.29) is 29.6 Å². The smallest absolute Gasteiger partial charge is 0.254 e. The van der Waals surface area contributed by atoms with Crippen LogP contribution in [0.4, 0.5) is 4.39 Å². The summed E-state index contributed by atoms with van der Waals surface area (Å²) in [6, 6.07) is 13.0. The van der Waals surface area contributed by atoms with Crippen LogP contribution in [0.5, 0.6) is 0 Å². The quantitative estimate of drug-likeness (QED) is 0.745. The first-order valence-electron chi connectivity index (χ1n) is 9.90. The summed E-state index contributed by atoms with van der Waals surface area (Å²) in [6.07, 6.45) is 1.86. The van der Waals surface area contributed by atoms with Gasteiger partial charge in [0.1, 0.15) is 17.7 Å². The third-order valence-corrected chi connectivity index (χ3v) is 5.69. The van der Waals surface area contributed by atoms with Crippen molar-refractivity contribution in [3.63, 3.8) is 0 Å². The summed E-state index contributed by atoms with van der Waals surface area (Å²) >= 11 is 0. The Morgan fingerprint density at radius 2 is 1.79 bits per heavy atom. The highest BCUT2D eigenvalue weighted by Gasteiger charge is 2.41. The van der Waals surface area contributed by atoms with Crippen molar-refractivity contribution in [2.24, 2.45) is 5.92 Å². The number of fused-ring (bicyclic) bond motifs is 1. The van der Waals surface area contributed by atoms with Crippen LogP contribution in [-0.2, 0) is 4.79 Å². The molecule has 1 atom stereocenters. The van der Waals surface area contributed by atoms with Gasteiger partial charge in [-0.2, -0.15) is 0 Å². The number of imidazole rings is 1. The number of piperazine rings is 1. The molecule has 2 fully saturated rings. The minimum absolute atomic E-state index is 0.0984. The fourth-order valence-electron chi connectivity index (χ4n) is 3.94. The van der Waals surface area contributed by atoms with Gasteiger partial charge >= 0.3 is 0 Å². The van der Waals surface area contributed by atoms with Crippen molar-refractivity contribution in [1.82, 2.24) is 19.8 Å². The highest BCUT2D eigenvalue weighted by molar-refractivity contribution is 5.94. The van der Waals surface area contributed by atoms with Gasteiger partial charge in [0.15, 0.2) is 0 Å². The summed E-state index contributed by atoms with van der Waals surface area (Å²) in [7, 11) is 0. The van der Waals surface area contributed by atoms with E-state index in [0.717, 1.165) is 23.9 Å². The van der Waals surface area contributed by atoms with E-state index in [0.29, 0.717) is 31.0 Å². The van der Waals surface area contributed by atoms with Crippen LogP contribution in [0.3, 0.4) is 0 Å². The molecule has 7 heteroatoms. The average molecular weight is 392 g/mol. The maximum atomic E-state index is 13.2. The standard InChI is InChI=1S/C22H21FN4O2/c23-16-9-7-14(8-10-16)21(28)26-11-12-27(22(29)15-5-6-15)19(13-26)20-24-17-3-1-2-4-18(17)25-20/h1-4,7-10,15,19H,5-6,11-13H2,(H,24,25). The lowest BCUT2D eigenvalue weighted by molar-refractivity contribution is -0.137. The van der Waals surface area contributed by atoms with Gasteiger partial charge in [-0.3, -0.25) is 9.59 Å². The number of carbonyl (C=O) groups excluding carboxylic acids is 2. The highest BCUT2D eigenvalue weighted by atomic mass is 19.1. The van der Waals surface area contributed by atoms with Crippen molar-refractivity contribution >= 4 is 22.8 Å². The third kappa shape index (κ3) is 3.37. The van der Waals surface area contributed by atoms with Crippen LogP contribution >= 0.6 is 0 Å². The number of amides is 2. The fraction of sp³-hybridized carbons (Fsp3) is 0.318. The Morgan fingerprint density at radius 3 is 2.52 bits per heavy atom. The van der Waals surface area contributed by atoms with Crippen LogP contribution in [0.25, 0.3) is 11.0 Å². The van der Waals surface area contributed by atoms with Gasteiger partial charge in [0.05, 0.1) is 11.0 Å². The molecule has 0 spiro atoms. The Kier molecular flexibility index (Phi) is 4.30. The number of benzene rings is 2. The number of nitrogens with one attached hydrogen (secondary N) is 1. The monoisotopic (exact) mass is 392 g/mol. The highest BCUT2D eigenvalue weighted by Crippen LogP contribution is 2.35. The van der Waals surface area contributed by atoms with Crippen LogP contribution in [0.2, 0.25) is 0 Å². The van der Waals surface area contributed by atoms with Crippen molar-refractivity contribution in [3.05, 3.63) is 65.7 Å². The normalized spacial score (nSPS) is 19.6. The molecule has 0 bridgehead atoms. The molecule has 3 aromatic rings. The molecular formula is C22H21FN4O2. The second kappa shape index (κ2) is 6.99. The van der Waals surface area contributed by atoms with Crippen molar-refractivity contribution < 1.29 is 14.0 Å². The molecule has 1 aliphatic carbocycles. The van der Waals surface area contributed by atoms with Crippen LogP contribution in [-0.4, -0.2) is 51.2 Å². The molecule has 1 saturated carbocycles. The molecule has 1 aromatic heterocycles. The number of nitrogens with zero attached hydrogens (tertiary/aromatic N) is 3. The van der Waals surface area contributed by atoms with E-state index < -0.39 is 0 Å². The summed E-state index contributed by atoms with van der Waals surface area (Å²) in [4.78, 5) is 37.4. The number of aromatic nitrogens is 2. The summed E-state index contributed by atoms with van der Waals surface area (Å²) in [5, 5.41) is 0. The van der Waals surface area contributed by atoms with E-state index in [9.17, 15) is 14.0 Å². The van der Waals surface area contributed by atoms with E-state index in [1.165, 1.54) is 24.3 Å². The summed E-state index contributed by atoms with van der Waals surface area (Å²) in [5.74, 6) is 0.397. The second-order valence-electron chi connectivity index (χ2n) is 7.72. The molecule has 1 saturated heterocycles. The Morgan fingerprint density at radius 1 is 1.03 bits per heavy atom. The zero-order chi connectivity index (χ0) is 20.0. The zero-order valence-electron chi connectivity index (χ0n) is 15.8. The fourth-order valence-corrected chi connectivity index (χ4v) is 3.94. The van der Waals surface area contributed by atoms with Crippen molar-refractivity contribution in [3.8, 4) is 0 Å². The van der Waals surface area contributed by atoms with Gasteiger partial charge in [-0.05, 0) is 49.2 Å². The molecule has 0 radical (unpaired) electrons. The maximum Gasteiger partial charge on any atom is 0.254 e. The van der Waals surface area contributed by atoms with Gasteiger partial charge in [-0.15, -0.1) is 0 Å². The predicted octanol–water partition coefficient (Wildman–Crippen LogP) is 3.14. The van der Waals surface area contributed by atoms with Gasteiger partial charge in [0.25, 0.3) is 5.91 Å². The largest absolute Gasteiger partial charge is 0.340 e. The molecule has 2 heterocycles. The Labute approximate surface area is 167 Å². The minimum Gasteiger partial charge on any atom is -0.340 e. The average Bonchev–Trinajstić information content (AvgIpc) is 3.51. The van der Waals surface area contributed by atoms with E-state index in [4.69, 9.17) is 0 Å². The van der Waals surface area contributed by atoms with Crippen molar-refractivity contribution in [2.45, 2.75) is 18.9 Å². The lowest BCUT2D eigenvalue weighted by atomic mass is 10.1. The van der Waals surface area contributed by atoms with Crippen molar-refractivity contribution in [2.75, 3.05) is 19.6 Å². The molecule has 2 amide bonds. The number of hydrogen-bond acceptors (Lipinski definition) is 3. The number of aromatic amines is 1. The van der Waals surface area contributed by atoms with Gasteiger partial charge in [-0.25, -0.2) is 9.37 Å². The molecule has 5 rings (SSSR count). The molecule has 2 aliphatic rings. The van der Waals surface area contributed by atoms with Crippen LogP contribution in [0, 0.1) is 11.7 Å². The van der Waals surface area contributed by atoms with E-state index >= 15 is 0 Å².